The van der Waals surface area contributed by atoms with Crippen molar-refractivity contribution in [3.8, 4) is 11.1 Å². The van der Waals surface area contributed by atoms with Gasteiger partial charge in [-0.2, -0.15) is 5.10 Å². The van der Waals surface area contributed by atoms with Crippen LogP contribution in [0.5, 0.6) is 0 Å². The number of fused-ring (bicyclic) bond motifs is 1. The zero-order valence-electron chi connectivity index (χ0n) is 26.8. The molecule has 0 amide bonds. The van der Waals surface area contributed by atoms with Gasteiger partial charge in [-0.3, -0.25) is 14.8 Å². The van der Waals surface area contributed by atoms with Crippen LogP contribution in [0.4, 0.5) is 5.69 Å². The van der Waals surface area contributed by atoms with Crippen molar-refractivity contribution in [1.29, 1.82) is 0 Å². The molecule has 4 rings (SSSR count). The number of morpholine rings is 1. The average molecular weight is 591 g/mol. The van der Waals surface area contributed by atoms with Crippen molar-refractivity contribution in [3.63, 3.8) is 0 Å². The summed E-state index contributed by atoms with van der Waals surface area (Å²) < 4.78 is 5.63. The van der Waals surface area contributed by atoms with Crippen LogP contribution in [0.3, 0.4) is 0 Å². The van der Waals surface area contributed by atoms with Crippen molar-refractivity contribution >= 4 is 29.1 Å². The van der Waals surface area contributed by atoms with Crippen molar-refractivity contribution in [3.05, 3.63) is 90.1 Å². The number of hydrogen-bond acceptors (Lipinski definition) is 7. The summed E-state index contributed by atoms with van der Waals surface area (Å²) in [6.45, 7) is 25.0. The van der Waals surface area contributed by atoms with Gasteiger partial charge in [0.15, 0.2) is 0 Å². The second-order valence-corrected chi connectivity index (χ2v) is 10.1. The smallest absolute Gasteiger partial charge is 0.290 e. The number of ether oxygens (including phenoxy) is 1. The van der Waals surface area contributed by atoms with Crippen LogP contribution < -0.4 is 16.8 Å². The number of aromatic amines is 1. The maximum absolute atomic E-state index is 8.36. The van der Waals surface area contributed by atoms with Crippen LogP contribution in [-0.2, 0) is 9.53 Å². The van der Waals surface area contributed by atoms with Gasteiger partial charge in [0.05, 0.1) is 41.0 Å². The molecule has 2 aromatic carbocycles. The Morgan fingerprint density at radius 3 is 2.42 bits per heavy atom. The van der Waals surface area contributed by atoms with Crippen LogP contribution in [-0.4, -0.2) is 58.5 Å². The highest BCUT2D eigenvalue weighted by Gasteiger charge is 2.21. The van der Waals surface area contributed by atoms with E-state index in [9.17, 15) is 0 Å². The van der Waals surface area contributed by atoms with Crippen LogP contribution in [0.1, 0.15) is 52.7 Å². The fourth-order valence-corrected chi connectivity index (χ4v) is 4.76. The number of rotatable bonds is 7. The number of nitrogens with two attached hydrogens (primary N) is 2. The third-order valence-electron chi connectivity index (χ3n) is 6.39. The highest BCUT2D eigenvalue weighted by Crippen LogP contribution is 2.34. The predicted molar refractivity (Wildman–Crippen MR) is 181 cm³/mol. The zero-order chi connectivity index (χ0) is 32.5. The maximum Gasteiger partial charge on any atom is 0.290 e. The molecule has 0 saturated carbocycles. The highest BCUT2D eigenvalue weighted by molar-refractivity contribution is 5.97. The van der Waals surface area contributed by atoms with Crippen LogP contribution in [0.2, 0.25) is 0 Å². The molecule has 0 spiro atoms. The molecule has 1 aliphatic heterocycles. The summed E-state index contributed by atoms with van der Waals surface area (Å²) >= 11 is 0. The van der Waals surface area contributed by atoms with E-state index in [2.05, 4.69) is 85.5 Å². The minimum absolute atomic E-state index is 0.250. The molecular weight excluding hydrogens is 540 g/mol. The largest absolute Gasteiger partial charge is 0.483 e. The first-order valence-corrected chi connectivity index (χ1v) is 14.5. The van der Waals surface area contributed by atoms with Crippen LogP contribution in [0, 0.1) is 6.92 Å². The first-order chi connectivity index (χ1) is 20.5. The van der Waals surface area contributed by atoms with E-state index in [1.165, 1.54) is 5.57 Å². The molecule has 9 heteroatoms. The Kier molecular flexibility index (Phi) is 16.2. The molecule has 234 valence electrons. The van der Waals surface area contributed by atoms with E-state index >= 15 is 0 Å². The molecule has 1 fully saturated rings. The van der Waals surface area contributed by atoms with Gasteiger partial charge in [0, 0.05) is 25.0 Å². The van der Waals surface area contributed by atoms with E-state index < -0.39 is 0 Å². The number of allylic oxidation sites excluding steroid dienone is 1. The van der Waals surface area contributed by atoms with Crippen molar-refractivity contribution in [2.45, 2.75) is 60.7 Å². The fourth-order valence-electron chi connectivity index (χ4n) is 4.76. The van der Waals surface area contributed by atoms with E-state index in [1.54, 1.807) is 12.4 Å². The van der Waals surface area contributed by atoms with Gasteiger partial charge in [-0.1, -0.05) is 56.9 Å². The predicted octanol–water partition coefficient (Wildman–Crippen LogP) is 6.65. The molecular formula is C34H50N6O3. The van der Waals surface area contributed by atoms with Gasteiger partial charge in [-0.25, -0.2) is 0 Å². The lowest BCUT2D eigenvalue weighted by Crippen LogP contribution is -2.45. The van der Waals surface area contributed by atoms with Gasteiger partial charge >= 0.3 is 0 Å². The van der Waals surface area contributed by atoms with Gasteiger partial charge in [0.25, 0.3) is 6.47 Å². The minimum atomic E-state index is -0.250. The van der Waals surface area contributed by atoms with Crippen LogP contribution >= 0.6 is 0 Å². The lowest BCUT2D eigenvalue weighted by molar-refractivity contribution is -0.122. The van der Waals surface area contributed by atoms with E-state index in [1.807, 2.05) is 39.0 Å². The minimum Gasteiger partial charge on any atom is -0.483 e. The third-order valence-corrected chi connectivity index (χ3v) is 6.39. The molecule has 7 N–H and O–H groups in total. The molecule has 1 aliphatic rings. The van der Waals surface area contributed by atoms with Gasteiger partial charge in [-0.15, -0.1) is 0 Å². The van der Waals surface area contributed by atoms with E-state index in [0.717, 1.165) is 58.5 Å². The fraction of sp³-hybridized carbons (Fsp3) is 0.353. The van der Waals surface area contributed by atoms with Crippen molar-refractivity contribution < 1.29 is 14.6 Å². The molecule has 0 radical (unpaired) electrons. The normalized spacial score (nSPS) is 16.6. The number of nitrogens with one attached hydrogen (secondary N) is 2. The average Bonchev–Trinajstić information content (AvgIpc) is 3.44. The summed E-state index contributed by atoms with van der Waals surface area (Å²) in [4.78, 5) is 10.8. The summed E-state index contributed by atoms with van der Waals surface area (Å²) in [5.41, 5.74) is 20.3. The number of benzene rings is 2. The summed E-state index contributed by atoms with van der Waals surface area (Å²) in [7, 11) is 0. The molecule has 2 atom stereocenters. The lowest BCUT2D eigenvalue weighted by Gasteiger charge is -2.35. The molecule has 1 aromatic heterocycles. The monoisotopic (exact) mass is 590 g/mol. The van der Waals surface area contributed by atoms with Crippen molar-refractivity contribution in [2.75, 3.05) is 25.0 Å². The number of aryl methyl sites for hydroxylation is 1. The van der Waals surface area contributed by atoms with Crippen molar-refractivity contribution in [2.24, 2.45) is 11.5 Å². The second kappa shape index (κ2) is 19.0. The Hall–Kier alpha value is -4.34. The standard InChI is InChI=1S/C21H23N5.C10H19NO.C2H6.CH2O2/c1-4-19(23)14(3)25-20-10-15(11-21-18(20)12-24-26-21)17-7-5-6-13(2)16(17)8-9-22;1-8(2)5-11-6-9(3)12-10(4)7-11;1-2;2-1-3/h4-12,25H,3,22-23H2,1-2H3,(H,24,26);9-10H,1,5-7H2,2-4H3;1-2H3;1H,(H,2,3)/b9-8-,19-4-;;;. The molecule has 9 nitrogen and oxygen atoms in total. The van der Waals surface area contributed by atoms with Crippen molar-refractivity contribution in [1.82, 2.24) is 15.1 Å². The van der Waals surface area contributed by atoms with Gasteiger partial charge in [0.2, 0.25) is 0 Å². The molecule has 43 heavy (non-hydrogen) atoms. The number of hydrogen-bond donors (Lipinski definition) is 5. The summed E-state index contributed by atoms with van der Waals surface area (Å²) in [6, 6.07) is 10.4. The summed E-state index contributed by atoms with van der Waals surface area (Å²) in [6.07, 6.45) is 7.83. The first-order valence-electron chi connectivity index (χ1n) is 14.5. The molecule has 3 aromatic rings. The molecule has 2 heterocycles. The number of carboxylic acid groups (broad SMARTS) is 1. The van der Waals surface area contributed by atoms with Gasteiger partial charge in [-0.05, 0) is 81.3 Å². The third kappa shape index (κ3) is 11.5. The van der Waals surface area contributed by atoms with Crippen LogP contribution in [0.15, 0.2) is 78.9 Å². The molecule has 1 saturated heterocycles. The van der Waals surface area contributed by atoms with Gasteiger partial charge in [0.1, 0.15) is 0 Å². The number of aromatic nitrogens is 2. The number of anilines is 1. The Balaban J connectivity index is 0.000000453. The van der Waals surface area contributed by atoms with E-state index in [0.29, 0.717) is 23.6 Å². The molecule has 2 unspecified atom stereocenters. The second-order valence-electron chi connectivity index (χ2n) is 10.1. The zero-order valence-corrected chi connectivity index (χ0v) is 26.8. The first kappa shape index (κ1) is 36.7. The van der Waals surface area contributed by atoms with E-state index in [4.69, 9.17) is 26.1 Å². The summed E-state index contributed by atoms with van der Waals surface area (Å²) in [5, 5.41) is 18.4. The molecule has 0 aliphatic carbocycles. The topological polar surface area (TPSA) is 143 Å². The number of nitrogens with zero attached hydrogens (tertiary/aromatic N) is 2. The summed E-state index contributed by atoms with van der Waals surface area (Å²) in [5.74, 6) is 0. The van der Waals surface area contributed by atoms with Crippen LogP contribution in [0.25, 0.3) is 28.1 Å². The number of H-pyrrole nitrogens is 1. The molecule has 0 bridgehead atoms. The van der Waals surface area contributed by atoms with E-state index in [-0.39, 0.29) is 6.47 Å². The van der Waals surface area contributed by atoms with Gasteiger partial charge < -0.3 is 26.6 Å². The Bertz CT molecular complexity index is 1380. The SMILES string of the molecule is C=C(C)CN1CC(C)OC(C)C1.C=C(Nc1cc(-c2cccc(C)c2/C=C\N)cc2[nH]ncc12)/C(N)=C/C.CC.O=CO. The Labute approximate surface area is 257 Å². The quantitative estimate of drug-likeness (QED) is 0.117. The highest BCUT2D eigenvalue weighted by atomic mass is 16.5. The Morgan fingerprint density at radius 1 is 1.23 bits per heavy atom. The lowest BCUT2D eigenvalue weighted by atomic mass is 9.94. The Morgan fingerprint density at radius 2 is 1.86 bits per heavy atom. The number of carbonyl (C=O) groups is 1. The maximum atomic E-state index is 8.36.